The molecule has 1 aromatic rings. The fraction of sp³-hybridized carbons (Fsp3) is 0.500. The third kappa shape index (κ3) is 3.95. The number of methoxy groups -OCH3 is 1. The highest BCUT2D eigenvalue weighted by molar-refractivity contribution is 5.93. The minimum Gasteiger partial charge on any atom is -0.492 e. The Morgan fingerprint density at radius 2 is 2.17 bits per heavy atom. The van der Waals surface area contributed by atoms with E-state index in [1.165, 1.54) is 7.11 Å². The van der Waals surface area contributed by atoms with Crippen LogP contribution in [0.2, 0.25) is 0 Å². The summed E-state index contributed by atoms with van der Waals surface area (Å²) in [5, 5.41) is 0. The normalized spacial score (nSPS) is 11.9. The molecular formula is C14H21NO3. The van der Waals surface area contributed by atoms with Gasteiger partial charge in [-0.3, -0.25) is 0 Å². The SMILES string of the molecule is CCCC(C)COc1ccc(N)cc1C(=O)OC. The van der Waals surface area contributed by atoms with Crippen molar-refractivity contribution in [1.82, 2.24) is 0 Å². The lowest BCUT2D eigenvalue weighted by Gasteiger charge is -2.14. The van der Waals surface area contributed by atoms with Crippen LogP contribution in [0, 0.1) is 5.92 Å². The number of ether oxygens (including phenoxy) is 2. The van der Waals surface area contributed by atoms with Gasteiger partial charge in [0, 0.05) is 5.69 Å². The topological polar surface area (TPSA) is 61.5 Å². The molecule has 0 radical (unpaired) electrons. The van der Waals surface area contributed by atoms with E-state index < -0.39 is 5.97 Å². The van der Waals surface area contributed by atoms with Gasteiger partial charge in [-0.2, -0.15) is 0 Å². The lowest BCUT2D eigenvalue weighted by molar-refractivity contribution is 0.0595. The Bertz CT molecular complexity index is 404. The Hall–Kier alpha value is -1.71. The van der Waals surface area contributed by atoms with Crippen LogP contribution in [0.15, 0.2) is 18.2 Å². The maximum Gasteiger partial charge on any atom is 0.341 e. The zero-order valence-corrected chi connectivity index (χ0v) is 11.2. The first-order chi connectivity index (χ1) is 8.58. The smallest absolute Gasteiger partial charge is 0.341 e. The highest BCUT2D eigenvalue weighted by atomic mass is 16.5. The average molecular weight is 251 g/mol. The molecule has 0 aromatic heterocycles. The van der Waals surface area contributed by atoms with E-state index in [-0.39, 0.29) is 0 Å². The van der Waals surface area contributed by atoms with Gasteiger partial charge in [0.05, 0.1) is 13.7 Å². The Labute approximate surface area is 108 Å². The first kappa shape index (κ1) is 14.4. The number of hydrogen-bond donors (Lipinski definition) is 1. The van der Waals surface area contributed by atoms with Crippen LogP contribution < -0.4 is 10.5 Å². The van der Waals surface area contributed by atoms with E-state index in [2.05, 4.69) is 13.8 Å². The summed E-state index contributed by atoms with van der Waals surface area (Å²) in [6, 6.07) is 5.00. The molecular weight excluding hydrogens is 230 g/mol. The van der Waals surface area contributed by atoms with Crippen molar-refractivity contribution in [3.8, 4) is 5.75 Å². The van der Waals surface area contributed by atoms with Crippen LogP contribution in [0.3, 0.4) is 0 Å². The summed E-state index contributed by atoms with van der Waals surface area (Å²) in [6.07, 6.45) is 2.22. The van der Waals surface area contributed by atoms with Crippen molar-refractivity contribution >= 4 is 11.7 Å². The van der Waals surface area contributed by atoms with E-state index in [1.54, 1.807) is 18.2 Å². The second-order valence-corrected chi connectivity index (χ2v) is 4.45. The van der Waals surface area contributed by atoms with Gasteiger partial charge >= 0.3 is 5.97 Å². The summed E-state index contributed by atoms with van der Waals surface area (Å²) >= 11 is 0. The first-order valence-corrected chi connectivity index (χ1v) is 6.19. The fourth-order valence-corrected chi connectivity index (χ4v) is 1.75. The van der Waals surface area contributed by atoms with E-state index >= 15 is 0 Å². The zero-order valence-electron chi connectivity index (χ0n) is 11.2. The molecule has 4 heteroatoms. The predicted molar refractivity (Wildman–Crippen MR) is 71.8 cm³/mol. The molecule has 1 atom stereocenters. The number of rotatable bonds is 6. The molecule has 1 unspecified atom stereocenters. The molecule has 0 aliphatic rings. The monoisotopic (exact) mass is 251 g/mol. The fourth-order valence-electron chi connectivity index (χ4n) is 1.75. The van der Waals surface area contributed by atoms with Gasteiger partial charge in [-0.25, -0.2) is 4.79 Å². The minimum atomic E-state index is -0.430. The Morgan fingerprint density at radius 1 is 1.44 bits per heavy atom. The van der Waals surface area contributed by atoms with Crippen LogP contribution in [0.5, 0.6) is 5.75 Å². The molecule has 0 saturated heterocycles. The highest BCUT2D eigenvalue weighted by Crippen LogP contribution is 2.23. The van der Waals surface area contributed by atoms with Crippen LogP contribution in [-0.4, -0.2) is 19.7 Å². The van der Waals surface area contributed by atoms with Gasteiger partial charge in [0.1, 0.15) is 11.3 Å². The van der Waals surface area contributed by atoms with Crippen LogP contribution in [0.25, 0.3) is 0 Å². The highest BCUT2D eigenvalue weighted by Gasteiger charge is 2.14. The number of anilines is 1. The summed E-state index contributed by atoms with van der Waals surface area (Å²) in [5.41, 5.74) is 6.55. The molecule has 18 heavy (non-hydrogen) atoms. The molecule has 0 aliphatic heterocycles. The van der Waals surface area contributed by atoms with Crippen LogP contribution >= 0.6 is 0 Å². The molecule has 100 valence electrons. The largest absolute Gasteiger partial charge is 0.492 e. The van der Waals surface area contributed by atoms with E-state index in [4.69, 9.17) is 15.2 Å². The number of hydrogen-bond acceptors (Lipinski definition) is 4. The van der Waals surface area contributed by atoms with E-state index in [9.17, 15) is 4.79 Å². The maximum atomic E-state index is 11.6. The van der Waals surface area contributed by atoms with E-state index in [1.807, 2.05) is 0 Å². The summed E-state index contributed by atoms with van der Waals surface area (Å²) in [7, 11) is 1.34. The maximum absolute atomic E-state index is 11.6. The number of nitrogens with two attached hydrogens (primary N) is 1. The third-order valence-corrected chi connectivity index (χ3v) is 2.71. The number of carbonyl (C=O) groups is 1. The molecule has 0 amide bonds. The Kier molecular flexibility index (Phi) is 5.49. The Morgan fingerprint density at radius 3 is 2.78 bits per heavy atom. The molecule has 0 bridgehead atoms. The van der Waals surface area contributed by atoms with E-state index in [0.29, 0.717) is 29.5 Å². The van der Waals surface area contributed by atoms with Gasteiger partial charge in [-0.1, -0.05) is 20.3 Å². The molecule has 1 aromatic carbocycles. The molecule has 1 rings (SSSR count). The van der Waals surface area contributed by atoms with Crippen LogP contribution in [-0.2, 0) is 4.74 Å². The second kappa shape index (κ2) is 6.89. The van der Waals surface area contributed by atoms with Gasteiger partial charge in [-0.05, 0) is 30.5 Å². The zero-order chi connectivity index (χ0) is 13.5. The van der Waals surface area contributed by atoms with Crippen molar-refractivity contribution in [3.05, 3.63) is 23.8 Å². The molecule has 0 heterocycles. The van der Waals surface area contributed by atoms with E-state index in [0.717, 1.165) is 12.8 Å². The van der Waals surface area contributed by atoms with Gasteiger partial charge in [-0.15, -0.1) is 0 Å². The number of nitrogen functional groups attached to an aromatic ring is 1. The summed E-state index contributed by atoms with van der Waals surface area (Å²) in [4.78, 5) is 11.6. The average Bonchev–Trinajstić information content (AvgIpc) is 2.36. The van der Waals surface area contributed by atoms with Gasteiger partial charge in [0.2, 0.25) is 0 Å². The summed E-state index contributed by atoms with van der Waals surface area (Å²) < 4.78 is 10.4. The summed E-state index contributed by atoms with van der Waals surface area (Å²) in [6.45, 7) is 4.85. The molecule has 0 fully saturated rings. The summed E-state index contributed by atoms with van der Waals surface area (Å²) in [5.74, 6) is 0.553. The number of benzene rings is 1. The lowest BCUT2D eigenvalue weighted by atomic mass is 10.1. The lowest BCUT2D eigenvalue weighted by Crippen LogP contribution is -2.12. The number of esters is 1. The molecule has 2 N–H and O–H groups in total. The second-order valence-electron chi connectivity index (χ2n) is 4.45. The van der Waals surface area contributed by atoms with Crippen molar-refractivity contribution in [1.29, 1.82) is 0 Å². The van der Waals surface area contributed by atoms with Crippen LogP contribution in [0.1, 0.15) is 37.0 Å². The molecule has 4 nitrogen and oxygen atoms in total. The predicted octanol–water partition coefficient (Wildman–Crippen LogP) is 2.87. The minimum absolute atomic E-state index is 0.376. The standard InChI is InChI=1S/C14H21NO3/c1-4-5-10(2)9-18-13-7-6-11(15)8-12(13)14(16)17-3/h6-8,10H,4-5,9,15H2,1-3H3. The molecule has 0 spiro atoms. The van der Waals surface area contributed by atoms with Crippen molar-refractivity contribution in [3.63, 3.8) is 0 Å². The third-order valence-electron chi connectivity index (χ3n) is 2.71. The van der Waals surface area contributed by atoms with Crippen molar-refractivity contribution in [2.75, 3.05) is 19.5 Å². The molecule has 0 saturated carbocycles. The molecule has 0 aliphatic carbocycles. The van der Waals surface area contributed by atoms with Crippen LogP contribution in [0.4, 0.5) is 5.69 Å². The van der Waals surface area contributed by atoms with Crippen molar-refractivity contribution < 1.29 is 14.3 Å². The quantitative estimate of drug-likeness (QED) is 0.623. The van der Waals surface area contributed by atoms with Crippen molar-refractivity contribution in [2.24, 2.45) is 5.92 Å². The first-order valence-electron chi connectivity index (χ1n) is 6.19. The van der Waals surface area contributed by atoms with Gasteiger partial charge in [0.15, 0.2) is 0 Å². The number of carbonyl (C=O) groups excluding carboxylic acids is 1. The van der Waals surface area contributed by atoms with Crippen molar-refractivity contribution in [2.45, 2.75) is 26.7 Å². The van der Waals surface area contributed by atoms with Gasteiger partial charge in [0.25, 0.3) is 0 Å². The Balaban J connectivity index is 2.78. The van der Waals surface area contributed by atoms with Gasteiger partial charge < -0.3 is 15.2 Å².